The van der Waals surface area contributed by atoms with Gasteiger partial charge < -0.3 is 14.6 Å². The van der Waals surface area contributed by atoms with Gasteiger partial charge in [0.2, 0.25) is 0 Å². The van der Waals surface area contributed by atoms with Gasteiger partial charge in [-0.1, -0.05) is 18.0 Å². The molecule has 2 aromatic heterocycles. The van der Waals surface area contributed by atoms with E-state index in [0.717, 1.165) is 34.8 Å². The first-order valence-corrected chi connectivity index (χ1v) is 9.53. The molecule has 2 atom stereocenters. The zero-order valence-corrected chi connectivity index (χ0v) is 14.6. The number of hydrogen-bond donors (Lipinski definition) is 1. The molecule has 0 spiro atoms. The Labute approximate surface area is 148 Å². The second kappa shape index (κ2) is 5.72. The summed E-state index contributed by atoms with van der Waals surface area (Å²) in [7, 11) is 0. The van der Waals surface area contributed by atoms with Crippen LogP contribution in [0.5, 0.6) is 0 Å². The molecule has 4 heterocycles. The third-order valence-corrected chi connectivity index (χ3v) is 5.99. The predicted molar refractivity (Wildman–Crippen MR) is 96.9 cm³/mol. The van der Waals surface area contributed by atoms with Crippen molar-refractivity contribution in [2.24, 2.45) is 0 Å². The van der Waals surface area contributed by atoms with Gasteiger partial charge in [-0.2, -0.15) is 4.98 Å². The Balaban J connectivity index is 1.58. The average molecular weight is 361 g/mol. The molecule has 2 saturated heterocycles. The Kier molecular flexibility index (Phi) is 3.50. The average Bonchev–Trinajstić information content (AvgIpc) is 3.25. The Bertz CT molecular complexity index is 866. The number of piperazine rings is 1. The summed E-state index contributed by atoms with van der Waals surface area (Å²) in [6, 6.07) is 5.57. The molecule has 124 valence electrons. The monoisotopic (exact) mass is 360 g/mol. The van der Waals surface area contributed by atoms with Gasteiger partial charge in [-0.25, -0.2) is 4.98 Å². The molecule has 2 fully saturated rings. The summed E-state index contributed by atoms with van der Waals surface area (Å²) in [5.74, 6) is 0. The zero-order chi connectivity index (χ0) is 16.1. The molecule has 1 aromatic carbocycles. The number of nitrogens with zero attached hydrogens (tertiary/aromatic N) is 3. The quantitative estimate of drug-likeness (QED) is 0.750. The largest absolute Gasteiger partial charge is 0.423 e. The minimum atomic E-state index is 0.529. The van der Waals surface area contributed by atoms with E-state index in [0.29, 0.717) is 23.1 Å². The molecule has 0 aliphatic carbocycles. The van der Waals surface area contributed by atoms with Crippen molar-refractivity contribution in [2.45, 2.75) is 31.3 Å². The van der Waals surface area contributed by atoms with Gasteiger partial charge in [0, 0.05) is 36.8 Å². The lowest BCUT2D eigenvalue weighted by Gasteiger charge is -2.41. The lowest BCUT2D eigenvalue weighted by molar-refractivity contribution is 0.276. The van der Waals surface area contributed by atoms with E-state index in [4.69, 9.17) is 21.0 Å². The first-order chi connectivity index (χ1) is 11.8. The molecule has 5 rings (SSSR count). The van der Waals surface area contributed by atoms with E-state index < -0.39 is 0 Å². The molecule has 1 N–H and O–H groups in total. The number of nitrogens with one attached hydrogen (secondary N) is 1. The highest BCUT2D eigenvalue weighted by molar-refractivity contribution is 7.13. The van der Waals surface area contributed by atoms with Crippen LogP contribution in [0.4, 0.5) is 6.01 Å². The van der Waals surface area contributed by atoms with E-state index in [9.17, 15) is 0 Å². The second-order valence-corrected chi connectivity index (χ2v) is 7.80. The van der Waals surface area contributed by atoms with E-state index in [2.05, 4.69) is 15.2 Å². The summed E-state index contributed by atoms with van der Waals surface area (Å²) in [4.78, 5) is 11.4. The second-order valence-electron chi connectivity index (χ2n) is 6.50. The van der Waals surface area contributed by atoms with Gasteiger partial charge in [0.05, 0.1) is 10.6 Å². The SMILES string of the molecule is Clc1ccc(-c2nccs2)c2oc(N3CC4CCCC(C3)N4)nc12. The highest BCUT2D eigenvalue weighted by Crippen LogP contribution is 2.37. The molecule has 0 radical (unpaired) electrons. The summed E-state index contributed by atoms with van der Waals surface area (Å²) in [6.45, 7) is 1.88. The molecule has 2 unspecified atom stereocenters. The Morgan fingerprint density at radius 1 is 1.25 bits per heavy atom. The van der Waals surface area contributed by atoms with Crippen molar-refractivity contribution in [2.75, 3.05) is 18.0 Å². The van der Waals surface area contributed by atoms with Crippen LogP contribution in [-0.2, 0) is 0 Å². The number of benzene rings is 1. The number of fused-ring (bicyclic) bond motifs is 3. The molecule has 24 heavy (non-hydrogen) atoms. The third kappa shape index (κ3) is 2.41. The van der Waals surface area contributed by atoms with Crippen molar-refractivity contribution in [3.8, 4) is 10.6 Å². The van der Waals surface area contributed by atoms with Gasteiger partial charge in [-0.05, 0) is 25.0 Å². The molecule has 2 aliphatic heterocycles. The van der Waals surface area contributed by atoms with Gasteiger partial charge in [-0.3, -0.25) is 0 Å². The van der Waals surface area contributed by atoms with Crippen LogP contribution in [0.2, 0.25) is 5.02 Å². The van der Waals surface area contributed by atoms with Gasteiger partial charge >= 0.3 is 0 Å². The van der Waals surface area contributed by atoms with E-state index in [1.165, 1.54) is 19.3 Å². The number of aromatic nitrogens is 2. The maximum atomic E-state index is 6.37. The van der Waals surface area contributed by atoms with E-state index in [1.54, 1.807) is 17.5 Å². The van der Waals surface area contributed by atoms with Crippen LogP contribution in [0.15, 0.2) is 28.1 Å². The number of thiazole rings is 1. The van der Waals surface area contributed by atoms with Gasteiger partial charge in [0.15, 0.2) is 5.58 Å². The van der Waals surface area contributed by atoms with Crippen molar-refractivity contribution in [3.05, 3.63) is 28.7 Å². The molecule has 2 bridgehead atoms. The van der Waals surface area contributed by atoms with Gasteiger partial charge in [0.25, 0.3) is 6.01 Å². The number of anilines is 1. The summed E-state index contributed by atoms with van der Waals surface area (Å²) in [5.41, 5.74) is 2.41. The Morgan fingerprint density at radius 3 is 2.83 bits per heavy atom. The van der Waals surface area contributed by atoms with Crippen molar-refractivity contribution in [1.29, 1.82) is 0 Å². The van der Waals surface area contributed by atoms with E-state index >= 15 is 0 Å². The van der Waals surface area contributed by atoms with Crippen molar-refractivity contribution in [1.82, 2.24) is 15.3 Å². The summed E-state index contributed by atoms with van der Waals surface area (Å²) in [6.07, 6.45) is 5.55. The van der Waals surface area contributed by atoms with Crippen molar-refractivity contribution in [3.63, 3.8) is 0 Å². The lowest BCUT2D eigenvalue weighted by atomic mass is 9.94. The maximum Gasteiger partial charge on any atom is 0.298 e. The lowest BCUT2D eigenvalue weighted by Crippen LogP contribution is -2.58. The van der Waals surface area contributed by atoms with Gasteiger partial charge in [0.1, 0.15) is 10.5 Å². The number of halogens is 1. The summed E-state index contributed by atoms with van der Waals surface area (Å²) >= 11 is 7.96. The Morgan fingerprint density at radius 2 is 2.08 bits per heavy atom. The molecular formula is C17H17ClN4OS. The van der Waals surface area contributed by atoms with Crippen molar-refractivity contribution >= 4 is 40.1 Å². The minimum Gasteiger partial charge on any atom is -0.423 e. The maximum absolute atomic E-state index is 6.37. The summed E-state index contributed by atoms with van der Waals surface area (Å²) < 4.78 is 6.18. The molecule has 7 heteroatoms. The normalized spacial score (nSPS) is 23.8. The van der Waals surface area contributed by atoms with E-state index in [-0.39, 0.29) is 0 Å². The van der Waals surface area contributed by atoms with Gasteiger partial charge in [-0.15, -0.1) is 11.3 Å². The molecule has 5 nitrogen and oxygen atoms in total. The number of oxazole rings is 1. The van der Waals surface area contributed by atoms with Crippen LogP contribution in [0.3, 0.4) is 0 Å². The predicted octanol–water partition coefficient (Wildman–Crippen LogP) is 3.94. The molecule has 2 aliphatic rings. The fourth-order valence-corrected chi connectivity index (χ4v) is 4.64. The molecule has 0 saturated carbocycles. The third-order valence-electron chi connectivity index (χ3n) is 4.87. The molecular weight excluding hydrogens is 344 g/mol. The molecule has 3 aromatic rings. The first-order valence-electron chi connectivity index (χ1n) is 8.28. The van der Waals surface area contributed by atoms with E-state index in [1.807, 2.05) is 17.5 Å². The first kappa shape index (κ1) is 14.7. The molecule has 0 amide bonds. The topological polar surface area (TPSA) is 54.2 Å². The number of hydrogen-bond acceptors (Lipinski definition) is 6. The highest BCUT2D eigenvalue weighted by Gasteiger charge is 2.32. The standard InChI is InChI=1S/C17H17ClN4OS/c18-13-5-4-12(16-19-6-7-24-16)15-14(13)21-17(23-15)22-8-10-2-1-3-11(9-22)20-10/h4-7,10-11,20H,1-3,8-9H2. The summed E-state index contributed by atoms with van der Waals surface area (Å²) in [5, 5.41) is 7.20. The van der Waals surface area contributed by atoms with Crippen LogP contribution < -0.4 is 10.2 Å². The van der Waals surface area contributed by atoms with Crippen LogP contribution >= 0.6 is 22.9 Å². The van der Waals surface area contributed by atoms with Crippen LogP contribution in [0.25, 0.3) is 21.7 Å². The minimum absolute atomic E-state index is 0.529. The highest BCUT2D eigenvalue weighted by atomic mass is 35.5. The van der Waals surface area contributed by atoms with Crippen LogP contribution in [0.1, 0.15) is 19.3 Å². The smallest absolute Gasteiger partial charge is 0.298 e. The zero-order valence-electron chi connectivity index (χ0n) is 13.0. The fraction of sp³-hybridized carbons (Fsp3) is 0.412. The number of piperidine rings is 1. The fourth-order valence-electron chi connectivity index (χ4n) is 3.79. The van der Waals surface area contributed by atoms with Crippen LogP contribution in [-0.4, -0.2) is 35.1 Å². The van der Waals surface area contributed by atoms with Crippen molar-refractivity contribution < 1.29 is 4.42 Å². The number of rotatable bonds is 2. The van der Waals surface area contributed by atoms with Crippen LogP contribution in [0, 0.1) is 0 Å². The Hall–Kier alpha value is -1.63.